The van der Waals surface area contributed by atoms with Gasteiger partial charge in [-0.2, -0.15) is 0 Å². The van der Waals surface area contributed by atoms with Gasteiger partial charge in [-0.15, -0.1) is 0 Å². The number of halogens is 2. The first kappa shape index (κ1) is 14.5. The Hall–Kier alpha value is -1.90. The molecule has 20 heavy (non-hydrogen) atoms. The molecule has 0 unspecified atom stereocenters. The van der Waals surface area contributed by atoms with Crippen LogP contribution in [0.2, 0.25) is 0 Å². The second-order valence-corrected chi connectivity index (χ2v) is 4.81. The molecular formula is C16H10Cl2O2. The van der Waals surface area contributed by atoms with Crippen molar-refractivity contribution < 1.29 is 9.59 Å². The van der Waals surface area contributed by atoms with E-state index in [-0.39, 0.29) is 0 Å². The number of rotatable bonds is 4. The van der Waals surface area contributed by atoms with E-state index in [4.69, 9.17) is 23.2 Å². The van der Waals surface area contributed by atoms with Crippen molar-refractivity contribution in [2.75, 3.05) is 0 Å². The molecule has 0 heterocycles. The fraction of sp³-hybridized carbons (Fsp3) is 0. The average molecular weight is 305 g/mol. The van der Waals surface area contributed by atoms with Gasteiger partial charge < -0.3 is 0 Å². The maximum absolute atomic E-state index is 10.9. The Balaban J connectivity index is 2.12. The Kier molecular flexibility index (Phi) is 4.72. The van der Waals surface area contributed by atoms with Gasteiger partial charge in [0.2, 0.25) is 0 Å². The molecule has 0 saturated carbocycles. The molecule has 0 bridgehead atoms. The summed E-state index contributed by atoms with van der Waals surface area (Å²) in [4.78, 5) is 21.9. The zero-order valence-corrected chi connectivity index (χ0v) is 11.9. The molecule has 2 aromatic carbocycles. The van der Waals surface area contributed by atoms with E-state index in [0.717, 1.165) is 11.1 Å². The molecule has 0 amide bonds. The summed E-state index contributed by atoms with van der Waals surface area (Å²) in [5.74, 6) is 0. The van der Waals surface area contributed by atoms with Crippen LogP contribution in [0.25, 0.3) is 12.2 Å². The third kappa shape index (κ3) is 3.80. The predicted octanol–water partition coefficient (Wildman–Crippen LogP) is 4.62. The van der Waals surface area contributed by atoms with Crippen LogP contribution in [-0.2, 0) is 0 Å². The molecule has 2 rings (SSSR count). The zero-order valence-electron chi connectivity index (χ0n) is 10.3. The van der Waals surface area contributed by atoms with Crippen molar-refractivity contribution in [1.29, 1.82) is 0 Å². The van der Waals surface area contributed by atoms with Crippen LogP contribution in [0.15, 0.2) is 48.5 Å². The molecule has 0 aliphatic rings. The summed E-state index contributed by atoms with van der Waals surface area (Å²) < 4.78 is 0. The highest BCUT2D eigenvalue weighted by molar-refractivity contribution is 6.68. The molecule has 0 spiro atoms. The summed E-state index contributed by atoms with van der Waals surface area (Å²) in [7, 11) is 0. The van der Waals surface area contributed by atoms with Crippen LogP contribution in [0.5, 0.6) is 0 Å². The van der Waals surface area contributed by atoms with Crippen LogP contribution < -0.4 is 0 Å². The smallest absolute Gasteiger partial charge is 0.252 e. The lowest BCUT2D eigenvalue weighted by Crippen LogP contribution is -1.87. The predicted molar refractivity (Wildman–Crippen MR) is 82.2 cm³/mol. The summed E-state index contributed by atoms with van der Waals surface area (Å²) in [6.07, 6.45) is 3.81. The van der Waals surface area contributed by atoms with Gasteiger partial charge in [-0.1, -0.05) is 36.4 Å². The third-order valence-corrected chi connectivity index (χ3v) is 3.18. The molecule has 0 radical (unpaired) electrons. The van der Waals surface area contributed by atoms with Crippen molar-refractivity contribution in [3.05, 3.63) is 70.8 Å². The van der Waals surface area contributed by atoms with Crippen molar-refractivity contribution in [2.45, 2.75) is 0 Å². The topological polar surface area (TPSA) is 34.1 Å². The van der Waals surface area contributed by atoms with Crippen molar-refractivity contribution in [2.24, 2.45) is 0 Å². The molecule has 0 N–H and O–H groups in total. The SMILES string of the molecule is O=C(Cl)c1ccc(C=Cc2ccc(C(=O)Cl)cc2)cc1. The second-order valence-electron chi connectivity index (χ2n) is 4.12. The Bertz CT molecular complexity index is 596. The second kappa shape index (κ2) is 6.51. The minimum atomic E-state index is -0.470. The molecule has 0 saturated heterocycles. The van der Waals surface area contributed by atoms with E-state index in [1.807, 2.05) is 36.4 Å². The molecule has 2 aromatic rings. The first-order chi connectivity index (χ1) is 9.56. The van der Waals surface area contributed by atoms with E-state index >= 15 is 0 Å². The van der Waals surface area contributed by atoms with E-state index in [1.54, 1.807) is 24.3 Å². The van der Waals surface area contributed by atoms with Gasteiger partial charge in [0.05, 0.1) is 0 Å². The molecule has 0 aliphatic carbocycles. The lowest BCUT2D eigenvalue weighted by Gasteiger charge is -1.97. The largest absolute Gasteiger partial charge is 0.276 e. The van der Waals surface area contributed by atoms with Crippen LogP contribution >= 0.6 is 23.2 Å². The summed E-state index contributed by atoms with van der Waals surface area (Å²) >= 11 is 10.7. The summed E-state index contributed by atoms with van der Waals surface area (Å²) in [5, 5.41) is -0.941. The van der Waals surface area contributed by atoms with Crippen LogP contribution in [0.1, 0.15) is 31.8 Å². The van der Waals surface area contributed by atoms with Crippen LogP contribution in [-0.4, -0.2) is 10.5 Å². The van der Waals surface area contributed by atoms with E-state index in [1.165, 1.54) is 0 Å². The summed E-state index contributed by atoms with van der Waals surface area (Å²) in [6.45, 7) is 0. The summed E-state index contributed by atoms with van der Waals surface area (Å²) in [5.41, 5.74) is 2.83. The lowest BCUT2D eigenvalue weighted by molar-refractivity contribution is 0.107. The fourth-order valence-corrected chi connectivity index (χ4v) is 1.89. The molecule has 0 atom stereocenters. The number of carbonyl (C=O) groups excluding carboxylic acids is 2. The molecule has 100 valence electrons. The zero-order chi connectivity index (χ0) is 14.5. The quantitative estimate of drug-likeness (QED) is 0.610. The maximum atomic E-state index is 10.9. The highest BCUT2D eigenvalue weighted by atomic mass is 35.5. The molecule has 0 aliphatic heterocycles. The van der Waals surface area contributed by atoms with Crippen molar-refractivity contribution >= 4 is 45.8 Å². The molecule has 2 nitrogen and oxygen atoms in total. The Morgan fingerprint density at radius 3 is 1.20 bits per heavy atom. The van der Waals surface area contributed by atoms with E-state index in [0.29, 0.717) is 11.1 Å². The number of hydrogen-bond acceptors (Lipinski definition) is 2. The van der Waals surface area contributed by atoms with Crippen molar-refractivity contribution in [3.63, 3.8) is 0 Å². The van der Waals surface area contributed by atoms with Gasteiger partial charge in [0.15, 0.2) is 0 Å². The lowest BCUT2D eigenvalue weighted by atomic mass is 10.1. The van der Waals surface area contributed by atoms with Crippen LogP contribution in [0, 0.1) is 0 Å². The van der Waals surface area contributed by atoms with Gasteiger partial charge in [0, 0.05) is 11.1 Å². The van der Waals surface area contributed by atoms with Gasteiger partial charge in [0.25, 0.3) is 10.5 Å². The first-order valence-electron chi connectivity index (χ1n) is 5.84. The Morgan fingerprint density at radius 2 is 0.950 bits per heavy atom. The van der Waals surface area contributed by atoms with Gasteiger partial charge in [0.1, 0.15) is 0 Å². The van der Waals surface area contributed by atoms with Crippen molar-refractivity contribution in [1.82, 2.24) is 0 Å². The molecule has 4 heteroatoms. The normalized spacial score (nSPS) is 10.7. The van der Waals surface area contributed by atoms with Gasteiger partial charge in [-0.05, 0) is 58.6 Å². The minimum absolute atomic E-state index is 0.466. The van der Waals surface area contributed by atoms with E-state index < -0.39 is 10.5 Å². The number of carbonyl (C=O) groups is 2. The highest BCUT2D eigenvalue weighted by Crippen LogP contribution is 2.12. The first-order valence-corrected chi connectivity index (χ1v) is 6.60. The third-order valence-electron chi connectivity index (χ3n) is 2.74. The molecule has 0 fully saturated rings. The average Bonchev–Trinajstić information content (AvgIpc) is 2.46. The standard InChI is InChI=1S/C16H10Cl2O2/c17-15(19)13-7-3-11(4-8-13)1-2-12-5-9-14(10-6-12)16(18)20/h1-10H. The maximum Gasteiger partial charge on any atom is 0.252 e. The fourth-order valence-electron chi connectivity index (χ4n) is 1.64. The van der Waals surface area contributed by atoms with Crippen LogP contribution in [0.4, 0.5) is 0 Å². The number of hydrogen-bond donors (Lipinski definition) is 0. The van der Waals surface area contributed by atoms with E-state index in [9.17, 15) is 9.59 Å². The van der Waals surface area contributed by atoms with Crippen molar-refractivity contribution in [3.8, 4) is 0 Å². The summed E-state index contributed by atoms with van der Waals surface area (Å²) in [6, 6.07) is 13.9. The van der Waals surface area contributed by atoms with E-state index in [2.05, 4.69) is 0 Å². The Labute approximate surface area is 126 Å². The van der Waals surface area contributed by atoms with Gasteiger partial charge >= 0.3 is 0 Å². The van der Waals surface area contributed by atoms with Gasteiger partial charge in [-0.3, -0.25) is 9.59 Å². The van der Waals surface area contributed by atoms with Crippen LogP contribution in [0.3, 0.4) is 0 Å². The molecular weight excluding hydrogens is 295 g/mol. The minimum Gasteiger partial charge on any atom is -0.276 e. The van der Waals surface area contributed by atoms with Gasteiger partial charge in [-0.25, -0.2) is 0 Å². The Morgan fingerprint density at radius 1 is 0.650 bits per heavy atom. The molecule has 0 aromatic heterocycles. The highest BCUT2D eigenvalue weighted by Gasteiger charge is 2.00. The monoisotopic (exact) mass is 304 g/mol. The number of benzene rings is 2.